The molecule has 3 rings (SSSR count). The largest absolute Gasteiger partial charge is 0.495 e. The fraction of sp³-hybridized carbons (Fsp3) is 0.316. The summed E-state index contributed by atoms with van der Waals surface area (Å²) < 4.78 is 16.5. The Labute approximate surface area is 158 Å². The van der Waals surface area contributed by atoms with E-state index in [2.05, 4.69) is 4.90 Å². The molecule has 144 valence electrons. The molecule has 1 saturated heterocycles. The summed E-state index contributed by atoms with van der Waals surface area (Å²) in [5.41, 5.74) is 2.06. The summed E-state index contributed by atoms with van der Waals surface area (Å²) in [6, 6.07) is 14.3. The third-order valence-electron chi connectivity index (χ3n) is 4.58. The molecule has 7 nitrogen and oxygen atoms in total. The minimum Gasteiger partial charge on any atom is -0.495 e. The minimum absolute atomic E-state index is 0.0718. The maximum atomic E-state index is 12.7. The van der Waals surface area contributed by atoms with E-state index in [9.17, 15) is 9.36 Å². The molecule has 1 heterocycles. The summed E-state index contributed by atoms with van der Waals surface area (Å²) >= 11 is 0. The number of anilines is 1. The number of hydrogen-bond acceptors (Lipinski definition) is 4. The normalized spacial score (nSPS) is 14.9. The van der Waals surface area contributed by atoms with Crippen molar-refractivity contribution in [2.24, 2.45) is 0 Å². The average molecular weight is 390 g/mol. The number of benzene rings is 2. The number of carbonyl (C=O) groups is 1. The number of methoxy groups -OCH3 is 1. The van der Waals surface area contributed by atoms with E-state index in [1.807, 2.05) is 24.3 Å². The highest BCUT2D eigenvalue weighted by molar-refractivity contribution is 7.50. The van der Waals surface area contributed by atoms with Crippen molar-refractivity contribution in [2.75, 3.05) is 38.2 Å². The van der Waals surface area contributed by atoms with E-state index in [-0.39, 0.29) is 12.1 Å². The smallest absolute Gasteiger partial charge is 0.329 e. The number of amides is 1. The molecule has 0 spiro atoms. The van der Waals surface area contributed by atoms with Crippen LogP contribution >= 0.6 is 7.60 Å². The van der Waals surface area contributed by atoms with Gasteiger partial charge in [-0.25, -0.2) is 0 Å². The van der Waals surface area contributed by atoms with Crippen molar-refractivity contribution in [1.29, 1.82) is 0 Å². The molecule has 8 heteroatoms. The fourth-order valence-corrected chi connectivity index (χ4v) is 3.90. The molecule has 0 bridgehead atoms. The highest BCUT2D eigenvalue weighted by Gasteiger charge is 2.24. The van der Waals surface area contributed by atoms with Gasteiger partial charge in [-0.05, 0) is 29.8 Å². The number of hydrogen-bond donors (Lipinski definition) is 2. The van der Waals surface area contributed by atoms with Gasteiger partial charge in [0, 0.05) is 31.7 Å². The van der Waals surface area contributed by atoms with E-state index in [4.69, 9.17) is 14.5 Å². The monoisotopic (exact) mass is 390 g/mol. The van der Waals surface area contributed by atoms with Crippen molar-refractivity contribution >= 4 is 19.2 Å². The summed E-state index contributed by atoms with van der Waals surface area (Å²) in [5.74, 6) is 0.746. The van der Waals surface area contributed by atoms with Crippen LogP contribution in [0.25, 0.3) is 0 Å². The number of para-hydroxylation sites is 2. The predicted molar refractivity (Wildman–Crippen MR) is 103 cm³/mol. The lowest BCUT2D eigenvalue weighted by Crippen LogP contribution is -2.48. The van der Waals surface area contributed by atoms with Gasteiger partial charge < -0.3 is 24.3 Å². The maximum Gasteiger partial charge on any atom is 0.329 e. The lowest BCUT2D eigenvalue weighted by Gasteiger charge is -2.36. The third-order valence-corrected chi connectivity index (χ3v) is 5.36. The Hall–Kier alpha value is -2.34. The Kier molecular flexibility index (Phi) is 5.85. The van der Waals surface area contributed by atoms with E-state index in [0.717, 1.165) is 11.4 Å². The van der Waals surface area contributed by atoms with Crippen LogP contribution in [0.4, 0.5) is 5.69 Å². The molecule has 2 aromatic rings. The van der Waals surface area contributed by atoms with Gasteiger partial charge in [-0.15, -0.1) is 0 Å². The predicted octanol–water partition coefficient (Wildman–Crippen LogP) is 2.34. The molecular formula is C19H23N2O5P. The molecule has 2 N–H and O–H groups in total. The molecule has 2 aromatic carbocycles. The van der Waals surface area contributed by atoms with Gasteiger partial charge in [-0.2, -0.15) is 0 Å². The van der Waals surface area contributed by atoms with Gasteiger partial charge >= 0.3 is 7.60 Å². The standard InChI is InChI=1S/C19H23N2O5P/c1-26-18-5-3-2-4-17(18)20-10-12-21(13-11-20)19(22)16-8-6-15(7-9-16)14-27(23,24)25/h2-9H,10-14H2,1H3,(H2,23,24,25). The van der Waals surface area contributed by atoms with Crippen LogP contribution in [0.1, 0.15) is 15.9 Å². The molecule has 0 aromatic heterocycles. The molecule has 0 unspecified atom stereocenters. The first-order valence-electron chi connectivity index (χ1n) is 8.68. The van der Waals surface area contributed by atoms with Gasteiger partial charge in [0.05, 0.1) is 19.0 Å². The van der Waals surface area contributed by atoms with Crippen molar-refractivity contribution < 1.29 is 23.9 Å². The Balaban J connectivity index is 1.62. The van der Waals surface area contributed by atoms with Crippen LogP contribution in [0, 0.1) is 0 Å². The second kappa shape index (κ2) is 8.13. The zero-order chi connectivity index (χ0) is 19.4. The zero-order valence-electron chi connectivity index (χ0n) is 15.1. The first-order chi connectivity index (χ1) is 12.9. The second-order valence-corrected chi connectivity index (χ2v) is 8.12. The van der Waals surface area contributed by atoms with E-state index in [1.165, 1.54) is 0 Å². The summed E-state index contributed by atoms with van der Waals surface area (Å²) in [7, 11) is -2.46. The van der Waals surface area contributed by atoms with Gasteiger partial charge in [0.1, 0.15) is 5.75 Å². The van der Waals surface area contributed by atoms with Crippen LogP contribution in [0.15, 0.2) is 48.5 Å². The SMILES string of the molecule is COc1ccccc1N1CCN(C(=O)c2ccc(CP(=O)(O)O)cc2)CC1. The molecule has 1 aliphatic heterocycles. The lowest BCUT2D eigenvalue weighted by atomic mass is 10.1. The summed E-state index contributed by atoms with van der Waals surface area (Å²) in [4.78, 5) is 34.8. The van der Waals surface area contributed by atoms with Crippen LogP contribution in [0.2, 0.25) is 0 Å². The van der Waals surface area contributed by atoms with Gasteiger partial charge in [-0.1, -0.05) is 24.3 Å². The minimum atomic E-state index is -4.11. The molecule has 1 aliphatic rings. The zero-order valence-corrected chi connectivity index (χ0v) is 16.0. The number of nitrogens with zero attached hydrogens (tertiary/aromatic N) is 2. The molecule has 27 heavy (non-hydrogen) atoms. The topological polar surface area (TPSA) is 90.3 Å². The van der Waals surface area contributed by atoms with Crippen LogP contribution < -0.4 is 9.64 Å². The number of ether oxygens (including phenoxy) is 1. The summed E-state index contributed by atoms with van der Waals surface area (Å²) in [5, 5.41) is 0. The van der Waals surface area contributed by atoms with Gasteiger partial charge in [0.2, 0.25) is 0 Å². The number of carbonyl (C=O) groups excluding carboxylic acids is 1. The Morgan fingerprint density at radius 3 is 2.26 bits per heavy atom. The highest BCUT2D eigenvalue weighted by Crippen LogP contribution is 2.39. The second-order valence-electron chi connectivity index (χ2n) is 6.47. The molecule has 0 atom stereocenters. The van der Waals surface area contributed by atoms with Crippen molar-refractivity contribution in [3.63, 3.8) is 0 Å². The first-order valence-corrected chi connectivity index (χ1v) is 10.5. The summed E-state index contributed by atoms with van der Waals surface area (Å²) in [6.45, 7) is 2.62. The van der Waals surface area contributed by atoms with E-state index in [1.54, 1.807) is 36.3 Å². The van der Waals surface area contributed by atoms with Crippen molar-refractivity contribution in [3.05, 3.63) is 59.7 Å². The molecule has 0 aliphatic carbocycles. The van der Waals surface area contributed by atoms with Crippen molar-refractivity contribution in [2.45, 2.75) is 6.16 Å². The first kappa shape index (κ1) is 19.4. The van der Waals surface area contributed by atoms with Crippen LogP contribution in [0.5, 0.6) is 5.75 Å². The molecule has 0 radical (unpaired) electrons. The quantitative estimate of drug-likeness (QED) is 0.762. The van der Waals surface area contributed by atoms with Gasteiger partial charge in [0.15, 0.2) is 0 Å². The van der Waals surface area contributed by atoms with Crippen LogP contribution in [-0.4, -0.2) is 53.9 Å². The van der Waals surface area contributed by atoms with Gasteiger partial charge in [-0.3, -0.25) is 9.36 Å². The van der Waals surface area contributed by atoms with E-state index >= 15 is 0 Å². The average Bonchev–Trinajstić information content (AvgIpc) is 2.67. The number of rotatable bonds is 5. The van der Waals surface area contributed by atoms with Gasteiger partial charge in [0.25, 0.3) is 5.91 Å². The van der Waals surface area contributed by atoms with Crippen LogP contribution in [0.3, 0.4) is 0 Å². The number of piperazine rings is 1. The summed E-state index contributed by atoms with van der Waals surface area (Å²) in [6.07, 6.45) is -0.320. The maximum absolute atomic E-state index is 12.7. The Bertz CT molecular complexity index is 841. The third kappa shape index (κ3) is 4.89. The molecule has 1 amide bonds. The van der Waals surface area contributed by atoms with Crippen LogP contribution in [-0.2, 0) is 10.7 Å². The Morgan fingerprint density at radius 1 is 1.04 bits per heavy atom. The fourth-order valence-electron chi connectivity index (χ4n) is 3.21. The molecular weight excluding hydrogens is 367 g/mol. The Morgan fingerprint density at radius 2 is 1.67 bits per heavy atom. The van der Waals surface area contributed by atoms with Crippen molar-refractivity contribution in [1.82, 2.24) is 4.90 Å². The van der Waals surface area contributed by atoms with E-state index < -0.39 is 7.60 Å². The molecule has 0 saturated carbocycles. The van der Waals surface area contributed by atoms with E-state index in [0.29, 0.717) is 37.3 Å². The molecule has 1 fully saturated rings. The lowest BCUT2D eigenvalue weighted by molar-refractivity contribution is 0.0746. The highest BCUT2D eigenvalue weighted by atomic mass is 31.2. The van der Waals surface area contributed by atoms with Crippen molar-refractivity contribution in [3.8, 4) is 5.75 Å².